The van der Waals surface area contributed by atoms with Crippen molar-refractivity contribution < 1.29 is 9.84 Å². The van der Waals surface area contributed by atoms with Gasteiger partial charge in [-0.3, -0.25) is 0 Å². The summed E-state index contributed by atoms with van der Waals surface area (Å²) in [6.07, 6.45) is 2.72. The standard InChI is InChI=1S/C14H18O2/c1-2-3-11-16-14-9-6-8-13(12-14)7-4-5-10-15/h6,8-9,12,15H,2-3,5,10-11H2,1H3. The van der Waals surface area contributed by atoms with Crippen LogP contribution in [0, 0.1) is 11.8 Å². The van der Waals surface area contributed by atoms with Crippen LogP contribution < -0.4 is 4.74 Å². The Morgan fingerprint density at radius 2 is 2.25 bits per heavy atom. The van der Waals surface area contributed by atoms with E-state index in [0.717, 1.165) is 30.8 Å². The Morgan fingerprint density at radius 1 is 1.38 bits per heavy atom. The second kappa shape index (κ2) is 7.78. The first kappa shape index (κ1) is 12.6. The van der Waals surface area contributed by atoms with Crippen molar-refractivity contribution in [3.05, 3.63) is 29.8 Å². The van der Waals surface area contributed by atoms with E-state index in [1.807, 2.05) is 24.3 Å². The maximum absolute atomic E-state index is 8.61. The van der Waals surface area contributed by atoms with Crippen LogP contribution in [0.5, 0.6) is 5.75 Å². The summed E-state index contributed by atoms with van der Waals surface area (Å²) in [6, 6.07) is 7.74. The van der Waals surface area contributed by atoms with Crippen LogP contribution in [0.15, 0.2) is 24.3 Å². The fourth-order valence-electron chi connectivity index (χ4n) is 1.22. The number of aliphatic hydroxyl groups is 1. The quantitative estimate of drug-likeness (QED) is 0.608. The summed E-state index contributed by atoms with van der Waals surface area (Å²) in [7, 11) is 0. The van der Waals surface area contributed by atoms with Gasteiger partial charge >= 0.3 is 0 Å². The SMILES string of the molecule is CCCCOc1cccc(C#CCCO)c1. The van der Waals surface area contributed by atoms with Gasteiger partial charge < -0.3 is 9.84 Å². The number of benzene rings is 1. The molecule has 0 aliphatic heterocycles. The molecule has 0 atom stereocenters. The molecular formula is C14H18O2. The van der Waals surface area contributed by atoms with Crippen LogP contribution in [0.2, 0.25) is 0 Å². The fraction of sp³-hybridized carbons (Fsp3) is 0.429. The summed E-state index contributed by atoms with van der Waals surface area (Å²) in [4.78, 5) is 0. The van der Waals surface area contributed by atoms with Crippen LogP contribution >= 0.6 is 0 Å². The van der Waals surface area contributed by atoms with Crippen LogP contribution in [-0.4, -0.2) is 18.3 Å². The van der Waals surface area contributed by atoms with Gasteiger partial charge in [-0.1, -0.05) is 31.3 Å². The highest BCUT2D eigenvalue weighted by atomic mass is 16.5. The van der Waals surface area contributed by atoms with Crippen LogP contribution in [0.1, 0.15) is 31.7 Å². The van der Waals surface area contributed by atoms with Crippen molar-refractivity contribution in [1.29, 1.82) is 0 Å². The molecule has 0 fully saturated rings. The Kier molecular flexibility index (Phi) is 6.13. The van der Waals surface area contributed by atoms with E-state index < -0.39 is 0 Å². The summed E-state index contributed by atoms with van der Waals surface area (Å²) in [5, 5.41) is 8.61. The van der Waals surface area contributed by atoms with Crippen molar-refractivity contribution in [1.82, 2.24) is 0 Å². The van der Waals surface area contributed by atoms with Gasteiger partial charge in [-0.15, -0.1) is 0 Å². The number of hydrogen-bond acceptors (Lipinski definition) is 2. The third-order valence-electron chi connectivity index (χ3n) is 2.07. The average molecular weight is 218 g/mol. The first-order valence-electron chi connectivity index (χ1n) is 5.69. The predicted molar refractivity (Wildman–Crippen MR) is 65.4 cm³/mol. The Morgan fingerprint density at radius 3 is 3.00 bits per heavy atom. The molecule has 1 rings (SSSR count). The third-order valence-corrected chi connectivity index (χ3v) is 2.07. The van der Waals surface area contributed by atoms with Gasteiger partial charge in [0, 0.05) is 12.0 Å². The molecular weight excluding hydrogens is 200 g/mol. The third kappa shape index (κ3) is 4.86. The van der Waals surface area contributed by atoms with E-state index >= 15 is 0 Å². The molecule has 1 N–H and O–H groups in total. The number of aliphatic hydroxyl groups excluding tert-OH is 1. The number of rotatable bonds is 5. The van der Waals surface area contributed by atoms with E-state index in [1.54, 1.807) is 0 Å². The minimum absolute atomic E-state index is 0.111. The van der Waals surface area contributed by atoms with Crippen molar-refractivity contribution >= 4 is 0 Å². The Hall–Kier alpha value is -1.46. The van der Waals surface area contributed by atoms with Gasteiger partial charge in [0.1, 0.15) is 5.75 Å². The Bertz CT molecular complexity index is 360. The summed E-state index contributed by atoms with van der Waals surface area (Å²) in [5.41, 5.74) is 0.933. The lowest BCUT2D eigenvalue weighted by atomic mass is 10.2. The summed E-state index contributed by atoms with van der Waals surface area (Å²) in [6.45, 7) is 3.00. The highest BCUT2D eigenvalue weighted by molar-refractivity contribution is 5.39. The molecule has 0 saturated carbocycles. The Balaban J connectivity index is 2.54. The van der Waals surface area contributed by atoms with Gasteiger partial charge in [-0.05, 0) is 24.6 Å². The molecule has 2 nitrogen and oxygen atoms in total. The zero-order valence-electron chi connectivity index (χ0n) is 9.70. The molecule has 0 amide bonds. The molecule has 0 heterocycles. The largest absolute Gasteiger partial charge is 0.494 e. The molecule has 1 aromatic rings. The molecule has 0 aromatic heterocycles. The molecule has 0 radical (unpaired) electrons. The summed E-state index contributed by atoms with van der Waals surface area (Å²) >= 11 is 0. The molecule has 0 unspecified atom stereocenters. The maximum Gasteiger partial charge on any atom is 0.120 e. The van der Waals surface area contributed by atoms with Crippen LogP contribution in [0.4, 0.5) is 0 Å². The van der Waals surface area contributed by atoms with E-state index in [2.05, 4.69) is 18.8 Å². The molecule has 86 valence electrons. The maximum atomic E-state index is 8.61. The first-order chi connectivity index (χ1) is 7.86. The van der Waals surface area contributed by atoms with E-state index in [-0.39, 0.29) is 6.61 Å². The number of ether oxygens (including phenoxy) is 1. The molecule has 1 aromatic carbocycles. The van der Waals surface area contributed by atoms with E-state index in [0.29, 0.717) is 6.42 Å². The van der Waals surface area contributed by atoms with Crippen molar-refractivity contribution in [3.63, 3.8) is 0 Å². The lowest BCUT2D eigenvalue weighted by molar-refractivity contribution is 0.305. The van der Waals surface area contributed by atoms with Gasteiger partial charge in [0.05, 0.1) is 13.2 Å². The molecule has 2 heteroatoms. The van der Waals surface area contributed by atoms with Crippen molar-refractivity contribution in [2.75, 3.05) is 13.2 Å². The number of unbranched alkanes of at least 4 members (excludes halogenated alkanes) is 1. The van der Waals surface area contributed by atoms with Crippen molar-refractivity contribution in [2.45, 2.75) is 26.2 Å². The van der Waals surface area contributed by atoms with Gasteiger partial charge in [0.2, 0.25) is 0 Å². The molecule has 0 saturated heterocycles. The van der Waals surface area contributed by atoms with Gasteiger partial charge in [-0.25, -0.2) is 0 Å². The minimum Gasteiger partial charge on any atom is -0.494 e. The number of hydrogen-bond donors (Lipinski definition) is 1. The van der Waals surface area contributed by atoms with Crippen LogP contribution in [0.3, 0.4) is 0 Å². The van der Waals surface area contributed by atoms with E-state index in [1.165, 1.54) is 0 Å². The van der Waals surface area contributed by atoms with Gasteiger partial charge in [-0.2, -0.15) is 0 Å². The highest BCUT2D eigenvalue weighted by Gasteiger charge is 1.94. The smallest absolute Gasteiger partial charge is 0.120 e. The monoisotopic (exact) mass is 218 g/mol. The molecule has 0 spiro atoms. The first-order valence-corrected chi connectivity index (χ1v) is 5.69. The normalized spacial score (nSPS) is 9.38. The molecule has 0 aliphatic carbocycles. The lowest BCUT2D eigenvalue weighted by Gasteiger charge is -2.04. The topological polar surface area (TPSA) is 29.5 Å². The lowest BCUT2D eigenvalue weighted by Crippen LogP contribution is -1.96. The fourth-order valence-corrected chi connectivity index (χ4v) is 1.22. The summed E-state index contributed by atoms with van der Waals surface area (Å²) in [5.74, 6) is 6.74. The van der Waals surface area contributed by atoms with Crippen molar-refractivity contribution in [2.24, 2.45) is 0 Å². The molecule has 16 heavy (non-hydrogen) atoms. The summed E-state index contributed by atoms with van der Waals surface area (Å²) < 4.78 is 5.58. The highest BCUT2D eigenvalue weighted by Crippen LogP contribution is 2.12. The van der Waals surface area contributed by atoms with Crippen molar-refractivity contribution in [3.8, 4) is 17.6 Å². The zero-order valence-corrected chi connectivity index (χ0v) is 9.70. The Labute approximate surface area is 97.3 Å². The van der Waals surface area contributed by atoms with Crippen LogP contribution in [0.25, 0.3) is 0 Å². The second-order valence-corrected chi connectivity index (χ2v) is 3.51. The average Bonchev–Trinajstić information content (AvgIpc) is 2.30. The predicted octanol–water partition coefficient (Wildman–Crippen LogP) is 2.60. The molecule has 0 aliphatic rings. The van der Waals surface area contributed by atoms with Gasteiger partial charge in [0.15, 0.2) is 0 Å². The second-order valence-electron chi connectivity index (χ2n) is 3.51. The van der Waals surface area contributed by atoms with Gasteiger partial charge in [0.25, 0.3) is 0 Å². The molecule has 0 bridgehead atoms. The minimum atomic E-state index is 0.111. The van der Waals surface area contributed by atoms with E-state index in [9.17, 15) is 0 Å². The van der Waals surface area contributed by atoms with E-state index in [4.69, 9.17) is 9.84 Å². The van der Waals surface area contributed by atoms with Crippen LogP contribution in [-0.2, 0) is 0 Å². The zero-order chi connectivity index (χ0) is 11.6.